The molecule has 1 aliphatic rings. The minimum atomic E-state index is -0.268. The lowest BCUT2D eigenvalue weighted by molar-refractivity contribution is -0.131. The number of rotatable bonds is 3. The van der Waals surface area contributed by atoms with E-state index in [1.54, 1.807) is 6.20 Å². The van der Waals surface area contributed by atoms with Crippen LogP contribution < -0.4 is 10.6 Å². The molecule has 1 aromatic rings. The number of aryl methyl sites for hydroxylation is 1. The van der Waals surface area contributed by atoms with Gasteiger partial charge in [-0.25, -0.2) is 0 Å². The molecule has 2 heterocycles. The average molecular weight is 236 g/mol. The number of hydrogen-bond acceptors (Lipinski definition) is 3. The van der Waals surface area contributed by atoms with Crippen molar-refractivity contribution in [2.75, 3.05) is 13.1 Å². The number of nitrogens with zero attached hydrogens (tertiary/aromatic N) is 1. The summed E-state index contributed by atoms with van der Waals surface area (Å²) in [5.41, 5.74) is 1.79. The largest absolute Gasteiger partial charge is 0.351 e. The van der Waals surface area contributed by atoms with Crippen LogP contribution in [0.1, 0.15) is 31.0 Å². The van der Waals surface area contributed by atoms with Crippen molar-refractivity contribution in [1.29, 1.82) is 0 Å². The van der Waals surface area contributed by atoms with Gasteiger partial charge < -0.3 is 10.6 Å². The molecule has 1 aliphatic heterocycles. The van der Waals surface area contributed by atoms with Crippen molar-refractivity contribution in [2.24, 2.45) is 5.41 Å². The van der Waals surface area contributed by atoms with Gasteiger partial charge in [-0.3, -0.25) is 9.89 Å². The highest BCUT2D eigenvalue weighted by Gasteiger charge is 2.34. The lowest BCUT2D eigenvalue weighted by Crippen LogP contribution is -2.48. The van der Waals surface area contributed by atoms with Crippen LogP contribution in [0, 0.1) is 12.3 Å². The van der Waals surface area contributed by atoms with Gasteiger partial charge in [0.25, 0.3) is 0 Å². The van der Waals surface area contributed by atoms with Crippen molar-refractivity contribution in [3.8, 4) is 0 Å². The van der Waals surface area contributed by atoms with Gasteiger partial charge in [-0.15, -0.1) is 0 Å². The first kappa shape index (κ1) is 12.1. The Morgan fingerprint density at radius 1 is 1.65 bits per heavy atom. The molecule has 0 saturated carbocycles. The molecule has 0 aliphatic carbocycles. The zero-order chi connectivity index (χ0) is 12.3. The van der Waals surface area contributed by atoms with Crippen LogP contribution in [0.5, 0.6) is 0 Å². The first-order valence-electron chi connectivity index (χ1n) is 6.10. The van der Waals surface area contributed by atoms with E-state index in [0.29, 0.717) is 6.54 Å². The molecule has 0 radical (unpaired) electrons. The lowest BCUT2D eigenvalue weighted by Gasteiger charge is -2.32. The summed E-state index contributed by atoms with van der Waals surface area (Å²) in [6, 6.07) is 0. The number of nitrogens with one attached hydrogen (secondary N) is 3. The highest BCUT2D eigenvalue weighted by molar-refractivity contribution is 5.82. The van der Waals surface area contributed by atoms with Crippen LogP contribution in [0.15, 0.2) is 6.20 Å². The fraction of sp³-hybridized carbons (Fsp3) is 0.667. The Balaban J connectivity index is 1.91. The number of H-pyrrole nitrogens is 1. The maximum absolute atomic E-state index is 12.1. The van der Waals surface area contributed by atoms with Gasteiger partial charge in [0.2, 0.25) is 5.91 Å². The van der Waals surface area contributed by atoms with Gasteiger partial charge in [0, 0.05) is 24.3 Å². The van der Waals surface area contributed by atoms with Crippen molar-refractivity contribution in [2.45, 2.75) is 33.2 Å². The maximum atomic E-state index is 12.1. The van der Waals surface area contributed by atoms with Crippen LogP contribution in [0.2, 0.25) is 0 Å². The smallest absolute Gasteiger partial charge is 0.227 e. The van der Waals surface area contributed by atoms with E-state index < -0.39 is 0 Å². The fourth-order valence-electron chi connectivity index (χ4n) is 2.19. The van der Waals surface area contributed by atoms with Crippen molar-refractivity contribution < 1.29 is 4.79 Å². The van der Waals surface area contributed by atoms with Crippen molar-refractivity contribution in [1.82, 2.24) is 20.8 Å². The van der Waals surface area contributed by atoms with Gasteiger partial charge in [-0.1, -0.05) is 0 Å². The Bertz CT molecular complexity index is 393. The van der Waals surface area contributed by atoms with E-state index in [4.69, 9.17) is 0 Å². The zero-order valence-corrected chi connectivity index (χ0v) is 10.5. The van der Waals surface area contributed by atoms with Crippen molar-refractivity contribution >= 4 is 5.91 Å². The molecule has 1 unspecified atom stereocenters. The van der Waals surface area contributed by atoms with Crippen LogP contribution in [-0.2, 0) is 11.3 Å². The van der Waals surface area contributed by atoms with E-state index in [1.807, 2.05) is 13.8 Å². The average Bonchev–Trinajstić information content (AvgIpc) is 2.73. The van der Waals surface area contributed by atoms with Crippen LogP contribution in [0.4, 0.5) is 0 Å². The van der Waals surface area contributed by atoms with Crippen LogP contribution in [0.3, 0.4) is 0 Å². The molecule has 2 rings (SSSR count). The molecule has 0 bridgehead atoms. The molecule has 1 saturated heterocycles. The number of amides is 1. The predicted molar refractivity (Wildman–Crippen MR) is 65.4 cm³/mol. The molecular formula is C12H20N4O. The molecule has 1 aromatic heterocycles. The van der Waals surface area contributed by atoms with E-state index in [2.05, 4.69) is 20.8 Å². The molecule has 1 amide bonds. The summed E-state index contributed by atoms with van der Waals surface area (Å²) in [7, 11) is 0. The fourth-order valence-corrected chi connectivity index (χ4v) is 2.19. The van der Waals surface area contributed by atoms with Crippen LogP contribution in [0.25, 0.3) is 0 Å². The van der Waals surface area contributed by atoms with Crippen LogP contribution in [-0.4, -0.2) is 29.2 Å². The number of hydrogen-bond donors (Lipinski definition) is 3. The summed E-state index contributed by atoms with van der Waals surface area (Å²) < 4.78 is 0. The summed E-state index contributed by atoms with van der Waals surface area (Å²) >= 11 is 0. The van der Waals surface area contributed by atoms with Gasteiger partial charge in [0.1, 0.15) is 0 Å². The summed E-state index contributed by atoms with van der Waals surface area (Å²) in [6.45, 7) is 6.32. The Hall–Kier alpha value is -1.36. The highest BCUT2D eigenvalue weighted by atomic mass is 16.2. The maximum Gasteiger partial charge on any atom is 0.227 e. The number of carbonyl (C=O) groups excluding carboxylic acids is 1. The Morgan fingerprint density at radius 3 is 3.06 bits per heavy atom. The molecule has 1 fully saturated rings. The standard InChI is InChI=1S/C12H20N4O/c1-9-10(7-15-16-9)6-14-11(17)12(2)4-3-5-13-8-12/h7,13H,3-6,8H2,1-2H3,(H,14,17)(H,15,16). The summed E-state index contributed by atoms with van der Waals surface area (Å²) in [5.74, 6) is 0.130. The molecule has 3 N–H and O–H groups in total. The molecule has 17 heavy (non-hydrogen) atoms. The third-order valence-electron chi connectivity index (χ3n) is 3.52. The van der Waals surface area contributed by atoms with Gasteiger partial charge in [0.15, 0.2) is 0 Å². The first-order chi connectivity index (χ1) is 8.12. The van der Waals surface area contributed by atoms with E-state index in [1.165, 1.54) is 0 Å². The second-order valence-electron chi connectivity index (χ2n) is 5.04. The minimum Gasteiger partial charge on any atom is -0.351 e. The highest BCUT2D eigenvalue weighted by Crippen LogP contribution is 2.25. The molecule has 1 atom stereocenters. The van der Waals surface area contributed by atoms with E-state index >= 15 is 0 Å². The predicted octanol–water partition coefficient (Wildman–Crippen LogP) is 0.724. The molecular weight excluding hydrogens is 216 g/mol. The second kappa shape index (κ2) is 4.87. The number of carbonyl (C=O) groups is 1. The van der Waals surface area contributed by atoms with Gasteiger partial charge in [-0.05, 0) is 33.2 Å². The van der Waals surface area contributed by atoms with E-state index in [-0.39, 0.29) is 11.3 Å². The summed E-state index contributed by atoms with van der Waals surface area (Å²) in [5, 5.41) is 13.1. The minimum absolute atomic E-state index is 0.130. The van der Waals surface area contributed by atoms with Gasteiger partial charge in [0.05, 0.1) is 11.6 Å². The quantitative estimate of drug-likeness (QED) is 0.724. The topological polar surface area (TPSA) is 69.8 Å². The lowest BCUT2D eigenvalue weighted by atomic mass is 9.82. The summed E-state index contributed by atoms with van der Waals surface area (Å²) in [4.78, 5) is 12.1. The number of aromatic amines is 1. The monoisotopic (exact) mass is 236 g/mol. The molecule has 0 aromatic carbocycles. The molecule has 0 spiro atoms. The number of aromatic nitrogens is 2. The molecule has 5 heteroatoms. The summed E-state index contributed by atoms with van der Waals surface area (Å²) in [6.07, 6.45) is 3.78. The first-order valence-corrected chi connectivity index (χ1v) is 6.10. The molecule has 94 valence electrons. The van der Waals surface area contributed by atoms with E-state index in [9.17, 15) is 4.79 Å². The van der Waals surface area contributed by atoms with Gasteiger partial charge >= 0.3 is 0 Å². The van der Waals surface area contributed by atoms with Gasteiger partial charge in [-0.2, -0.15) is 5.10 Å². The normalized spacial score (nSPS) is 24.6. The molecule has 5 nitrogen and oxygen atoms in total. The van der Waals surface area contributed by atoms with Crippen molar-refractivity contribution in [3.63, 3.8) is 0 Å². The van der Waals surface area contributed by atoms with Crippen molar-refractivity contribution in [3.05, 3.63) is 17.5 Å². The number of piperidine rings is 1. The second-order valence-corrected chi connectivity index (χ2v) is 5.04. The SMILES string of the molecule is Cc1[nH]ncc1CNC(=O)C1(C)CCCNC1. The third kappa shape index (κ3) is 2.66. The van der Waals surface area contributed by atoms with Crippen LogP contribution >= 0.6 is 0 Å². The Labute approximate surface area is 101 Å². The Kier molecular flexibility index (Phi) is 3.47. The Morgan fingerprint density at radius 2 is 2.47 bits per heavy atom. The third-order valence-corrected chi connectivity index (χ3v) is 3.52. The zero-order valence-electron chi connectivity index (χ0n) is 10.5. The van der Waals surface area contributed by atoms with E-state index in [0.717, 1.165) is 37.2 Å².